The zero-order valence-electron chi connectivity index (χ0n) is 19.2. The summed E-state index contributed by atoms with van der Waals surface area (Å²) >= 11 is 0. The van der Waals surface area contributed by atoms with Gasteiger partial charge >= 0.3 is 0 Å². The molecule has 174 valence electrons. The van der Waals surface area contributed by atoms with Crippen LogP contribution in [0, 0.1) is 41.1 Å². The first kappa shape index (κ1) is 23.5. The summed E-state index contributed by atoms with van der Waals surface area (Å²) in [6, 6.07) is 24.0. The molecule has 0 radical (unpaired) electrons. The number of aryl methyl sites for hydroxylation is 1. The van der Waals surface area contributed by atoms with Gasteiger partial charge in [0.2, 0.25) is 0 Å². The molecule has 0 spiro atoms. The first-order chi connectivity index (χ1) is 16.9. The molecule has 1 aromatic heterocycles. The minimum atomic E-state index is -0.466. The minimum absolute atomic E-state index is 0.0192. The van der Waals surface area contributed by atoms with E-state index in [2.05, 4.69) is 10.6 Å². The van der Waals surface area contributed by atoms with Crippen molar-refractivity contribution in [2.45, 2.75) is 20.5 Å². The lowest BCUT2D eigenvalue weighted by Crippen LogP contribution is -2.00. The Morgan fingerprint density at radius 3 is 2.31 bits per heavy atom. The Hall–Kier alpha value is -4.70. The van der Waals surface area contributed by atoms with Crippen LogP contribution in [0.1, 0.15) is 28.1 Å². The maximum Gasteiger partial charge on any atom is 0.269 e. The van der Waals surface area contributed by atoms with Gasteiger partial charge in [0.05, 0.1) is 16.6 Å². The fourth-order valence-electron chi connectivity index (χ4n) is 3.87. The summed E-state index contributed by atoms with van der Waals surface area (Å²) in [5.41, 5.74) is 5.68. The van der Waals surface area contributed by atoms with Crippen molar-refractivity contribution in [1.29, 1.82) is 5.26 Å². The van der Waals surface area contributed by atoms with Gasteiger partial charge < -0.3 is 9.30 Å². The molecule has 6 nitrogen and oxygen atoms in total. The molecular weight excluding hydrogens is 445 g/mol. The number of nitrogens with zero attached hydrogens (tertiary/aromatic N) is 3. The third kappa shape index (κ3) is 5.28. The predicted octanol–water partition coefficient (Wildman–Crippen LogP) is 6.78. The zero-order valence-corrected chi connectivity index (χ0v) is 19.2. The molecule has 1 heterocycles. The lowest BCUT2D eigenvalue weighted by molar-refractivity contribution is -0.384. The van der Waals surface area contributed by atoms with Crippen LogP contribution in [0.5, 0.6) is 5.75 Å². The summed E-state index contributed by atoms with van der Waals surface area (Å²) in [6.45, 7) is 4.31. The molecule has 0 saturated heterocycles. The highest BCUT2D eigenvalue weighted by atomic mass is 19.1. The van der Waals surface area contributed by atoms with E-state index in [-0.39, 0.29) is 11.5 Å². The van der Waals surface area contributed by atoms with Crippen LogP contribution in [0.2, 0.25) is 0 Å². The molecular formula is C28H22FN3O3. The number of non-ortho nitro benzene ring substituents is 1. The Bertz CT molecular complexity index is 1430. The van der Waals surface area contributed by atoms with E-state index >= 15 is 0 Å². The van der Waals surface area contributed by atoms with Crippen LogP contribution in [0.15, 0.2) is 78.9 Å². The first-order valence-electron chi connectivity index (χ1n) is 10.9. The van der Waals surface area contributed by atoms with E-state index in [9.17, 15) is 19.8 Å². The quantitative estimate of drug-likeness (QED) is 0.170. The zero-order chi connectivity index (χ0) is 24.9. The van der Waals surface area contributed by atoms with E-state index in [1.54, 1.807) is 30.3 Å². The average molecular weight is 468 g/mol. The number of ether oxygens (including phenoxy) is 1. The number of benzene rings is 3. The smallest absolute Gasteiger partial charge is 0.269 e. The molecule has 0 aliphatic heterocycles. The highest BCUT2D eigenvalue weighted by Crippen LogP contribution is 2.27. The van der Waals surface area contributed by atoms with Crippen molar-refractivity contribution < 1.29 is 14.1 Å². The van der Waals surface area contributed by atoms with Gasteiger partial charge in [-0.15, -0.1) is 0 Å². The van der Waals surface area contributed by atoms with Gasteiger partial charge in [0, 0.05) is 29.2 Å². The van der Waals surface area contributed by atoms with Gasteiger partial charge in [0.15, 0.2) is 0 Å². The average Bonchev–Trinajstić information content (AvgIpc) is 3.15. The summed E-state index contributed by atoms with van der Waals surface area (Å²) in [7, 11) is 0. The van der Waals surface area contributed by atoms with Gasteiger partial charge in [-0.2, -0.15) is 5.26 Å². The van der Waals surface area contributed by atoms with Crippen molar-refractivity contribution in [1.82, 2.24) is 4.57 Å². The van der Waals surface area contributed by atoms with Gasteiger partial charge in [-0.05, 0) is 91.2 Å². The number of nitro groups is 1. The summed E-state index contributed by atoms with van der Waals surface area (Å²) in [5, 5.41) is 20.6. The standard InChI is InChI=1S/C28H22FN3O3/c1-19-15-23(16-24(17-30)22-5-9-27(10-6-22)32(33)34)20(2)31(19)26-11-13-28(14-12-26)35-18-21-3-7-25(29)8-4-21/h3-16H,18H2,1-2H3/b24-16-. The third-order valence-corrected chi connectivity index (χ3v) is 5.69. The number of halogens is 1. The van der Waals surface area contributed by atoms with Crippen LogP contribution in [-0.2, 0) is 6.61 Å². The second kappa shape index (κ2) is 10.1. The maximum atomic E-state index is 13.1. The van der Waals surface area contributed by atoms with Crippen molar-refractivity contribution in [3.05, 3.63) is 123 Å². The molecule has 0 aliphatic rings. The summed E-state index contributed by atoms with van der Waals surface area (Å²) < 4.78 is 20.9. The van der Waals surface area contributed by atoms with E-state index in [1.807, 2.05) is 44.2 Å². The molecule has 0 bridgehead atoms. The number of aromatic nitrogens is 1. The topological polar surface area (TPSA) is 81.1 Å². The van der Waals surface area contributed by atoms with E-state index < -0.39 is 4.92 Å². The van der Waals surface area contributed by atoms with Crippen molar-refractivity contribution in [2.75, 3.05) is 0 Å². The van der Waals surface area contributed by atoms with Crippen LogP contribution in [0.25, 0.3) is 17.3 Å². The molecule has 0 N–H and O–H groups in total. The molecule has 0 aliphatic carbocycles. The van der Waals surface area contributed by atoms with Gasteiger partial charge in [0.25, 0.3) is 5.69 Å². The molecule has 0 atom stereocenters. The second-order valence-electron chi connectivity index (χ2n) is 8.04. The molecule has 7 heteroatoms. The molecule has 0 amide bonds. The van der Waals surface area contributed by atoms with E-state index in [0.29, 0.717) is 23.5 Å². The third-order valence-electron chi connectivity index (χ3n) is 5.69. The van der Waals surface area contributed by atoms with Crippen LogP contribution >= 0.6 is 0 Å². The molecule has 0 saturated carbocycles. The Morgan fingerprint density at radius 1 is 1.06 bits per heavy atom. The SMILES string of the molecule is Cc1cc(/C=C(/C#N)c2ccc([N+](=O)[O-])cc2)c(C)n1-c1ccc(OCc2ccc(F)cc2)cc1. The number of allylic oxidation sites excluding steroid dienone is 1. The highest BCUT2D eigenvalue weighted by Gasteiger charge is 2.12. The van der Waals surface area contributed by atoms with Gasteiger partial charge in [-0.25, -0.2) is 4.39 Å². The lowest BCUT2D eigenvalue weighted by atomic mass is 10.0. The predicted molar refractivity (Wildman–Crippen MR) is 133 cm³/mol. The van der Waals surface area contributed by atoms with Gasteiger partial charge in [-0.3, -0.25) is 10.1 Å². The molecule has 0 fully saturated rings. The van der Waals surface area contributed by atoms with Crippen molar-refractivity contribution in [3.63, 3.8) is 0 Å². The normalized spacial score (nSPS) is 11.2. The molecule has 0 unspecified atom stereocenters. The van der Waals surface area contributed by atoms with E-state index in [1.165, 1.54) is 24.3 Å². The number of rotatable bonds is 7. The van der Waals surface area contributed by atoms with Gasteiger partial charge in [0.1, 0.15) is 18.2 Å². The number of nitro benzene ring substituents is 1. The number of hydrogen-bond donors (Lipinski definition) is 0. The van der Waals surface area contributed by atoms with E-state index in [0.717, 1.165) is 28.2 Å². The summed E-state index contributed by atoms with van der Waals surface area (Å²) in [4.78, 5) is 10.4. The van der Waals surface area contributed by atoms with Crippen LogP contribution < -0.4 is 4.74 Å². The van der Waals surface area contributed by atoms with E-state index in [4.69, 9.17) is 4.74 Å². The minimum Gasteiger partial charge on any atom is -0.489 e. The molecule has 35 heavy (non-hydrogen) atoms. The van der Waals surface area contributed by atoms with Crippen molar-refractivity contribution in [2.24, 2.45) is 0 Å². The maximum absolute atomic E-state index is 13.1. The highest BCUT2D eigenvalue weighted by molar-refractivity contribution is 5.90. The fraction of sp³-hybridized carbons (Fsp3) is 0.107. The first-order valence-corrected chi connectivity index (χ1v) is 10.9. The summed E-state index contributed by atoms with van der Waals surface area (Å²) in [6.07, 6.45) is 1.79. The van der Waals surface area contributed by atoms with Crippen molar-refractivity contribution in [3.8, 4) is 17.5 Å². The largest absolute Gasteiger partial charge is 0.489 e. The molecule has 4 rings (SSSR count). The lowest BCUT2D eigenvalue weighted by Gasteiger charge is -2.12. The Morgan fingerprint density at radius 2 is 1.71 bits per heavy atom. The fourth-order valence-corrected chi connectivity index (χ4v) is 3.87. The monoisotopic (exact) mass is 467 g/mol. The molecule has 3 aromatic carbocycles. The van der Waals surface area contributed by atoms with Crippen LogP contribution in [0.4, 0.5) is 10.1 Å². The van der Waals surface area contributed by atoms with Crippen molar-refractivity contribution >= 4 is 17.3 Å². The Kier molecular flexibility index (Phi) is 6.74. The second-order valence-corrected chi connectivity index (χ2v) is 8.04. The Balaban J connectivity index is 1.55. The van der Waals surface area contributed by atoms with Gasteiger partial charge in [-0.1, -0.05) is 12.1 Å². The Labute approximate surface area is 202 Å². The number of nitriles is 1. The number of hydrogen-bond acceptors (Lipinski definition) is 4. The summed E-state index contributed by atoms with van der Waals surface area (Å²) in [5.74, 6) is 0.421. The van der Waals surface area contributed by atoms with Crippen LogP contribution in [0.3, 0.4) is 0 Å². The van der Waals surface area contributed by atoms with Crippen LogP contribution in [-0.4, -0.2) is 9.49 Å². The molecule has 4 aromatic rings.